The quantitative estimate of drug-likeness (QED) is 0.356. The van der Waals surface area contributed by atoms with E-state index in [0.717, 1.165) is 33.4 Å². The van der Waals surface area contributed by atoms with Crippen molar-refractivity contribution in [2.24, 2.45) is 0 Å². The average Bonchev–Trinajstić information content (AvgIpc) is 3.32. The Morgan fingerprint density at radius 2 is 2.06 bits per heavy atom. The van der Waals surface area contributed by atoms with Crippen molar-refractivity contribution < 1.29 is 14.3 Å². The zero-order valence-corrected chi connectivity index (χ0v) is 20.3. The first kappa shape index (κ1) is 23.5. The van der Waals surface area contributed by atoms with E-state index in [1.165, 1.54) is 4.90 Å². The molecule has 0 bridgehead atoms. The molecule has 0 saturated carbocycles. The van der Waals surface area contributed by atoms with Crippen LogP contribution in [0.2, 0.25) is 5.02 Å². The molecule has 0 saturated heterocycles. The molecule has 3 aromatic heterocycles. The molecule has 0 N–H and O–H groups in total. The zero-order chi connectivity index (χ0) is 24.2. The van der Waals surface area contributed by atoms with Gasteiger partial charge >= 0.3 is 6.09 Å². The van der Waals surface area contributed by atoms with Crippen molar-refractivity contribution in [3.8, 4) is 11.4 Å². The van der Waals surface area contributed by atoms with Gasteiger partial charge in [-0.15, -0.1) is 0 Å². The van der Waals surface area contributed by atoms with E-state index in [4.69, 9.17) is 26.1 Å². The maximum absolute atomic E-state index is 12.2. The SMILES string of the molecule is Cc1cc(-n2ccnc2)c2cccc(OCc3c(Cl)cncc3CN(C)C(=O)OC(C)C)c2n1. The number of amides is 1. The van der Waals surface area contributed by atoms with E-state index in [0.29, 0.717) is 10.8 Å². The lowest BCUT2D eigenvalue weighted by Gasteiger charge is -2.21. The molecule has 3 heterocycles. The van der Waals surface area contributed by atoms with Crippen LogP contribution in [0.1, 0.15) is 30.7 Å². The van der Waals surface area contributed by atoms with E-state index in [1.807, 2.05) is 55.8 Å². The Labute approximate surface area is 203 Å². The minimum atomic E-state index is -0.414. The second-order valence-corrected chi connectivity index (χ2v) is 8.65. The molecule has 0 spiro atoms. The van der Waals surface area contributed by atoms with Crippen LogP contribution in [0.25, 0.3) is 16.6 Å². The molecule has 0 fully saturated rings. The molecule has 0 atom stereocenters. The molecule has 1 amide bonds. The zero-order valence-electron chi connectivity index (χ0n) is 19.5. The Morgan fingerprint density at radius 3 is 2.79 bits per heavy atom. The third-order valence-corrected chi connectivity index (χ3v) is 5.54. The van der Waals surface area contributed by atoms with Crippen LogP contribution >= 0.6 is 11.6 Å². The Bertz CT molecular complexity index is 1310. The number of hydrogen-bond donors (Lipinski definition) is 0. The fourth-order valence-electron chi connectivity index (χ4n) is 3.62. The van der Waals surface area contributed by atoms with Gasteiger partial charge < -0.3 is 18.9 Å². The minimum Gasteiger partial charge on any atom is -0.487 e. The van der Waals surface area contributed by atoms with Crippen LogP contribution in [0.5, 0.6) is 5.75 Å². The highest BCUT2D eigenvalue weighted by Gasteiger charge is 2.17. The third-order valence-electron chi connectivity index (χ3n) is 5.21. The number of fused-ring (bicyclic) bond motifs is 1. The third kappa shape index (κ3) is 5.12. The standard InChI is InChI=1S/C25H26ClN5O3/c1-16(2)34-25(32)30(4)13-18-11-28-12-21(26)20(18)14-33-23-7-5-6-19-22(31-9-8-27-15-31)10-17(3)29-24(19)23/h5-12,15-16H,13-14H2,1-4H3. The Hall–Kier alpha value is -3.65. The summed E-state index contributed by atoms with van der Waals surface area (Å²) in [6.07, 6.45) is 8.03. The van der Waals surface area contributed by atoms with Crippen molar-refractivity contribution in [1.82, 2.24) is 24.4 Å². The van der Waals surface area contributed by atoms with E-state index < -0.39 is 6.09 Å². The monoisotopic (exact) mass is 479 g/mol. The number of ether oxygens (including phenoxy) is 2. The Morgan fingerprint density at radius 1 is 1.24 bits per heavy atom. The number of benzene rings is 1. The van der Waals surface area contributed by atoms with Crippen LogP contribution in [-0.4, -0.2) is 43.7 Å². The van der Waals surface area contributed by atoms with Crippen molar-refractivity contribution in [3.63, 3.8) is 0 Å². The lowest BCUT2D eigenvalue weighted by atomic mass is 10.1. The summed E-state index contributed by atoms with van der Waals surface area (Å²) in [5, 5.41) is 1.41. The summed E-state index contributed by atoms with van der Waals surface area (Å²) < 4.78 is 13.4. The van der Waals surface area contributed by atoms with Gasteiger partial charge in [0.25, 0.3) is 0 Å². The summed E-state index contributed by atoms with van der Waals surface area (Å²) in [5.74, 6) is 0.633. The number of nitrogens with zero attached hydrogens (tertiary/aromatic N) is 5. The maximum Gasteiger partial charge on any atom is 0.410 e. The van der Waals surface area contributed by atoms with Crippen molar-refractivity contribution in [3.05, 3.63) is 77.2 Å². The molecule has 0 aliphatic rings. The van der Waals surface area contributed by atoms with Crippen LogP contribution < -0.4 is 4.74 Å². The van der Waals surface area contributed by atoms with Crippen LogP contribution in [0.4, 0.5) is 4.79 Å². The molecule has 8 nitrogen and oxygen atoms in total. The summed E-state index contributed by atoms with van der Waals surface area (Å²) in [7, 11) is 1.67. The number of imidazole rings is 1. The first-order chi connectivity index (χ1) is 16.3. The van der Waals surface area contributed by atoms with Gasteiger partial charge in [-0.2, -0.15) is 0 Å². The van der Waals surface area contributed by atoms with E-state index in [-0.39, 0.29) is 19.3 Å². The summed E-state index contributed by atoms with van der Waals surface area (Å²) in [5.41, 5.74) is 4.11. The number of pyridine rings is 2. The van der Waals surface area contributed by atoms with Gasteiger partial charge in [0.2, 0.25) is 0 Å². The second-order valence-electron chi connectivity index (χ2n) is 8.24. The number of aromatic nitrogens is 4. The number of carbonyl (C=O) groups is 1. The molecule has 0 aliphatic heterocycles. The van der Waals surface area contributed by atoms with Gasteiger partial charge in [-0.3, -0.25) is 4.98 Å². The van der Waals surface area contributed by atoms with Gasteiger partial charge in [0.05, 0.1) is 29.7 Å². The lowest BCUT2D eigenvalue weighted by molar-refractivity contribution is 0.0821. The molecule has 4 rings (SSSR count). The highest BCUT2D eigenvalue weighted by molar-refractivity contribution is 6.31. The number of aryl methyl sites for hydroxylation is 1. The van der Waals surface area contributed by atoms with Gasteiger partial charge in [0.15, 0.2) is 0 Å². The molecule has 176 valence electrons. The topological polar surface area (TPSA) is 82.4 Å². The highest BCUT2D eigenvalue weighted by atomic mass is 35.5. The summed E-state index contributed by atoms with van der Waals surface area (Å²) in [6.45, 7) is 6.04. The molecule has 4 aromatic rings. The number of para-hydroxylation sites is 1. The maximum atomic E-state index is 12.2. The van der Waals surface area contributed by atoms with Crippen molar-refractivity contribution in [2.75, 3.05) is 7.05 Å². The largest absolute Gasteiger partial charge is 0.487 e. The van der Waals surface area contributed by atoms with E-state index >= 15 is 0 Å². The summed E-state index contributed by atoms with van der Waals surface area (Å²) >= 11 is 6.48. The number of rotatable bonds is 7. The second kappa shape index (κ2) is 10.1. The molecule has 9 heteroatoms. The van der Waals surface area contributed by atoms with Crippen LogP contribution in [-0.2, 0) is 17.9 Å². The first-order valence-electron chi connectivity index (χ1n) is 10.9. The van der Waals surface area contributed by atoms with E-state index in [2.05, 4.69) is 9.97 Å². The Balaban J connectivity index is 1.62. The lowest BCUT2D eigenvalue weighted by Crippen LogP contribution is -2.29. The predicted molar refractivity (Wildman–Crippen MR) is 130 cm³/mol. The Kier molecular flexibility index (Phi) is 6.98. The molecule has 1 aromatic carbocycles. The first-order valence-corrected chi connectivity index (χ1v) is 11.3. The van der Waals surface area contributed by atoms with Crippen LogP contribution in [0, 0.1) is 6.92 Å². The summed E-state index contributed by atoms with van der Waals surface area (Å²) in [6, 6.07) is 7.83. The number of carbonyl (C=O) groups excluding carboxylic acids is 1. The van der Waals surface area contributed by atoms with Crippen LogP contribution in [0.3, 0.4) is 0 Å². The highest BCUT2D eigenvalue weighted by Crippen LogP contribution is 2.31. The average molecular weight is 480 g/mol. The summed E-state index contributed by atoms with van der Waals surface area (Å²) in [4.78, 5) is 26.8. The molecule has 0 aliphatic carbocycles. The van der Waals surface area contributed by atoms with E-state index in [9.17, 15) is 4.79 Å². The van der Waals surface area contributed by atoms with Gasteiger partial charge in [-0.05, 0) is 38.5 Å². The van der Waals surface area contributed by atoms with Crippen molar-refractivity contribution in [1.29, 1.82) is 0 Å². The van der Waals surface area contributed by atoms with Crippen molar-refractivity contribution in [2.45, 2.75) is 40.0 Å². The molecular formula is C25H26ClN5O3. The number of hydrogen-bond acceptors (Lipinski definition) is 6. The molecular weight excluding hydrogens is 454 g/mol. The van der Waals surface area contributed by atoms with E-state index in [1.54, 1.807) is 32.0 Å². The predicted octanol–water partition coefficient (Wildman–Crippen LogP) is 5.33. The number of halogens is 1. The van der Waals surface area contributed by atoms with Crippen molar-refractivity contribution >= 4 is 28.6 Å². The van der Waals surface area contributed by atoms with Gasteiger partial charge in [0.1, 0.15) is 17.9 Å². The fourth-order valence-corrected chi connectivity index (χ4v) is 3.85. The molecule has 34 heavy (non-hydrogen) atoms. The normalized spacial score (nSPS) is 11.1. The minimum absolute atomic E-state index is 0.193. The van der Waals surface area contributed by atoms with Gasteiger partial charge in [-0.1, -0.05) is 23.7 Å². The fraction of sp³-hybridized carbons (Fsp3) is 0.280. The van der Waals surface area contributed by atoms with Crippen LogP contribution in [0.15, 0.2) is 55.4 Å². The smallest absolute Gasteiger partial charge is 0.410 e. The van der Waals surface area contributed by atoms with Gasteiger partial charge in [0, 0.05) is 48.5 Å². The molecule has 0 unspecified atom stereocenters. The molecule has 0 radical (unpaired) electrons. The van der Waals surface area contributed by atoms with Gasteiger partial charge in [-0.25, -0.2) is 14.8 Å².